The molecule has 4 nitrogen and oxygen atoms in total. The van der Waals surface area contributed by atoms with Gasteiger partial charge in [0.05, 0.1) is 11.7 Å². The van der Waals surface area contributed by atoms with Crippen molar-refractivity contribution in [1.82, 2.24) is 14.9 Å². The fourth-order valence-corrected chi connectivity index (χ4v) is 2.66. The largest absolute Gasteiger partial charge is 0.381 e. The summed E-state index contributed by atoms with van der Waals surface area (Å²) in [6.45, 7) is 4.99. The van der Waals surface area contributed by atoms with E-state index in [1.807, 2.05) is 0 Å². The SMILES string of the molecule is CCCNC(c1csnn1)C1CCOCC1. The predicted octanol–water partition coefficient (Wildman–Crippen LogP) is 2.01. The molecule has 1 aromatic rings. The maximum Gasteiger partial charge on any atom is 0.0927 e. The second-order valence-electron chi connectivity index (χ2n) is 4.21. The van der Waals surface area contributed by atoms with Crippen LogP contribution in [-0.2, 0) is 4.74 Å². The van der Waals surface area contributed by atoms with E-state index < -0.39 is 0 Å². The Morgan fingerprint density at radius 3 is 3.00 bits per heavy atom. The van der Waals surface area contributed by atoms with Gasteiger partial charge in [-0.15, -0.1) is 5.10 Å². The average molecular weight is 241 g/mol. The molecule has 2 heterocycles. The molecule has 5 heteroatoms. The van der Waals surface area contributed by atoms with Crippen LogP contribution in [0.3, 0.4) is 0 Å². The topological polar surface area (TPSA) is 47.0 Å². The summed E-state index contributed by atoms with van der Waals surface area (Å²) in [6.07, 6.45) is 3.40. The lowest BCUT2D eigenvalue weighted by Gasteiger charge is -2.29. The lowest BCUT2D eigenvalue weighted by atomic mass is 9.90. The second kappa shape index (κ2) is 6.27. The van der Waals surface area contributed by atoms with Crippen molar-refractivity contribution < 1.29 is 4.74 Å². The Balaban J connectivity index is 2.01. The normalized spacial score (nSPS) is 19.8. The highest BCUT2D eigenvalue weighted by atomic mass is 32.1. The molecular weight excluding hydrogens is 222 g/mol. The van der Waals surface area contributed by atoms with Crippen LogP contribution in [0.5, 0.6) is 0 Å². The Kier molecular flexibility index (Phi) is 4.69. The Morgan fingerprint density at radius 2 is 2.38 bits per heavy atom. The molecule has 0 saturated carbocycles. The van der Waals surface area contributed by atoms with E-state index in [1.165, 1.54) is 11.5 Å². The van der Waals surface area contributed by atoms with Crippen LogP contribution in [0.15, 0.2) is 5.38 Å². The first-order valence-corrected chi connectivity index (χ1v) is 6.83. The van der Waals surface area contributed by atoms with E-state index in [4.69, 9.17) is 4.74 Å². The third kappa shape index (κ3) is 2.99. The fourth-order valence-electron chi connectivity index (χ4n) is 2.17. The van der Waals surface area contributed by atoms with Crippen LogP contribution >= 0.6 is 11.5 Å². The van der Waals surface area contributed by atoms with E-state index in [1.54, 1.807) is 0 Å². The minimum atomic E-state index is 0.364. The first kappa shape index (κ1) is 12.0. The van der Waals surface area contributed by atoms with Crippen LogP contribution in [0.4, 0.5) is 0 Å². The summed E-state index contributed by atoms with van der Waals surface area (Å²) in [5, 5.41) is 9.86. The van der Waals surface area contributed by atoms with E-state index >= 15 is 0 Å². The van der Waals surface area contributed by atoms with E-state index in [0.717, 1.165) is 44.7 Å². The third-order valence-electron chi connectivity index (χ3n) is 3.05. The standard InChI is InChI=1S/C11H19N3OS/c1-2-5-12-11(10-8-16-14-13-10)9-3-6-15-7-4-9/h8-9,11-12H,2-7H2,1H3. The zero-order valence-electron chi connectivity index (χ0n) is 9.69. The lowest BCUT2D eigenvalue weighted by molar-refractivity contribution is 0.0531. The van der Waals surface area contributed by atoms with Crippen LogP contribution in [0.2, 0.25) is 0 Å². The van der Waals surface area contributed by atoms with Crippen LogP contribution < -0.4 is 5.32 Å². The molecule has 0 amide bonds. The van der Waals surface area contributed by atoms with Gasteiger partial charge in [0.2, 0.25) is 0 Å². The molecule has 1 atom stereocenters. The van der Waals surface area contributed by atoms with Gasteiger partial charge < -0.3 is 10.1 Å². The van der Waals surface area contributed by atoms with Crippen LogP contribution in [0.1, 0.15) is 37.9 Å². The Hall–Kier alpha value is -0.520. The molecule has 1 N–H and O–H groups in total. The van der Waals surface area contributed by atoms with Crippen LogP contribution in [0.25, 0.3) is 0 Å². The molecule has 90 valence electrons. The number of nitrogens with one attached hydrogen (secondary N) is 1. The molecule has 0 aromatic carbocycles. The average Bonchev–Trinajstić information content (AvgIpc) is 2.85. The molecule has 16 heavy (non-hydrogen) atoms. The van der Waals surface area contributed by atoms with Crippen molar-refractivity contribution in [3.05, 3.63) is 11.1 Å². The lowest BCUT2D eigenvalue weighted by Crippen LogP contribution is -2.32. The minimum absolute atomic E-state index is 0.364. The first-order chi connectivity index (χ1) is 7.92. The Bertz CT molecular complexity index is 285. The van der Waals surface area contributed by atoms with Gasteiger partial charge in [0.25, 0.3) is 0 Å². The molecule has 0 aliphatic carbocycles. The molecule has 0 bridgehead atoms. The Labute approximate surface area is 101 Å². The molecule has 1 unspecified atom stereocenters. The molecule has 1 aliphatic heterocycles. The van der Waals surface area contributed by atoms with Crippen molar-refractivity contribution in [3.63, 3.8) is 0 Å². The van der Waals surface area contributed by atoms with E-state index in [2.05, 4.69) is 27.2 Å². The number of rotatable bonds is 5. The number of aromatic nitrogens is 2. The van der Waals surface area contributed by atoms with Gasteiger partial charge in [0.1, 0.15) is 0 Å². The predicted molar refractivity (Wildman–Crippen MR) is 64.5 cm³/mol. The molecule has 1 aliphatic rings. The monoisotopic (exact) mass is 241 g/mol. The smallest absolute Gasteiger partial charge is 0.0927 e. The summed E-state index contributed by atoms with van der Waals surface area (Å²) in [4.78, 5) is 0. The second-order valence-corrected chi connectivity index (χ2v) is 4.82. The van der Waals surface area contributed by atoms with Gasteiger partial charge in [-0.3, -0.25) is 0 Å². The molecule has 0 spiro atoms. The summed E-state index contributed by atoms with van der Waals surface area (Å²) in [5.41, 5.74) is 1.10. The number of ether oxygens (including phenoxy) is 1. The van der Waals surface area contributed by atoms with Gasteiger partial charge in [0.15, 0.2) is 0 Å². The van der Waals surface area contributed by atoms with Gasteiger partial charge in [-0.05, 0) is 43.3 Å². The molecule has 0 radical (unpaired) electrons. The van der Waals surface area contributed by atoms with E-state index in [9.17, 15) is 0 Å². The number of nitrogens with zero attached hydrogens (tertiary/aromatic N) is 2. The van der Waals surface area contributed by atoms with E-state index in [0.29, 0.717) is 12.0 Å². The minimum Gasteiger partial charge on any atom is -0.381 e. The van der Waals surface area contributed by atoms with Crippen molar-refractivity contribution in [2.24, 2.45) is 5.92 Å². The first-order valence-electron chi connectivity index (χ1n) is 6.00. The van der Waals surface area contributed by atoms with Crippen molar-refractivity contribution in [1.29, 1.82) is 0 Å². The summed E-state index contributed by atoms with van der Waals surface area (Å²) in [7, 11) is 0. The Morgan fingerprint density at radius 1 is 1.56 bits per heavy atom. The highest BCUT2D eigenvalue weighted by Crippen LogP contribution is 2.29. The molecular formula is C11H19N3OS. The summed E-state index contributed by atoms with van der Waals surface area (Å²) < 4.78 is 9.38. The highest BCUT2D eigenvalue weighted by molar-refractivity contribution is 7.03. The molecule has 2 rings (SSSR count). The maximum atomic E-state index is 5.41. The fraction of sp³-hybridized carbons (Fsp3) is 0.818. The summed E-state index contributed by atoms with van der Waals surface area (Å²) in [6, 6.07) is 0.364. The highest BCUT2D eigenvalue weighted by Gasteiger charge is 2.26. The van der Waals surface area contributed by atoms with Crippen molar-refractivity contribution in [2.45, 2.75) is 32.2 Å². The zero-order valence-corrected chi connectivity index (χ0v) is 10.5. The van der Waals surface area contributed by atoms with Crippen molar-refractivity contribution in [3.8, 4) is 0 Å². The quantitative estimate of drug-likeness (QED) is 0.856. The third-order valence-corrected chi connectivity index (χ3v) is 3.57. The number of hydrogen-bond donors (Lipinski definition) is 1. The summed E-state index contributed by atoms with van der Waals surface area (Å²) >= 11 is 1.43. The summed E-state index contributed by atoms with van der Waals surface area (Å²) in [5.74, 6) is 0.643. The van der Waals surface area contributed by atoms with E-state index in [-0.39, 0.29) is 0 Å². The van der Waals surface area contributed by atoms with Gasteiger partial charge in [-0.25, -0.2) is 0 Å². The van der Waals surface area contributed by atoms with Crippen LogP contribution in [-0.4, -0.2) is 29.3 Å². The zero-order chi connectivity index (χ0) is 11.2. The molecule has 1 saturated heterocycles. The van der Waals surface area contributed by atoms with Crippen molar-refractivity contribution in [2.75, 3.05) is 19.8 Å². The molecule has 1 fully saturated rings. The van der Waals surface area contributed by atoms with Crippen LogP contribution in [0, 0.1) is 5.92 Å². The van der Waals surface area contributed by atoms with Gasteiger partial charge in [0, 0.05) is 18.6 Å². The van der Waals surface area contributed by atoms with Gasteiger partial charge >= 0.3 is 0 Å². The number of hydrogen-bond acceptors (Lipinski definition) is 5. The van der Waals surface area contributed by atoms with Gasteiger partial charge in [-0.2, -0.15) is 0 Å². The molecule has 1 aromatic heterocycles. The maximum absolute atomic E-state index is 5.41. The van der Waals surface area contributed by atoms with Crippen molar-refractivity contribution >= 4 is 11.5 Å². The van der Waals surface area contributed by atoms with Gasteiger partial charge in [-0.1, -0.05) is 11.4 Å².